The van der Waals surface area contributed by atoms with E-state index in [4.69, 9.17) is 11.6 Å². The van der Waals surface area contributed by atoms with Crippen molar-refractivity contribution >= 4 is 38.9 Å². The number of alkyl halides is 3. The van der Waals surface area contributed by atoms with E-state index in [0.717, 1.165) is 28.8 Å². The summed E-state index contributed by atoms with van der Waals surface area (Å²) in [6, 6.07) is 10.1. The third-order valence-corrected chi connectivity index (χ3v) is 4.73. The zero-order valence-electron chi connectivity index (χ0n) is 13.4. The molecule has 0 spiro atoms. The molecule has 5 nitrogen and oxygen atoms in total. The molecule has 0 heterocycles. The third kappa shape index (κ3) is 5.12. The Kier molecular flexibility index (Phi) is 5.82. The first kappa shape index (κ1) is 20.1. The Morgan fingerprint density at radius 2 is 1.81 bits per heavy atom. The van der Waals surface area contributed by atoms with Gasteiger partial charge in [0.1, 0.15) is 6.54 Å². The normalized spacial score (nSPS) is 11.9. The van der Waals surface area contributed by atoms with Crippen molar-refractivity contribution in [2.75, 3.05) is 22.4 Å². The van der Waals surface area contributed by atoms with Crippen LogP contribution < -0.4 is 9.62 Å². The number of carbonyl (C=O) groups is 1. The standard InChI is InChI=1S/C16H14ClF3N2O3S/c1-26(24,25)22(14-8-3-2-7-13(14)17)10-15(23)21-12-6-4-5-11(9-12)16(18,19)20/h2-9H,10H2,1H3,(H,21,23). The van der Waals surface area contributed by atoms with Crippen LogP contribution in [0.5, 0.6) is 0 Å². The van der Waals surface area contributed by atoms with Crippen LogP contribution in [-0.4, -0.2) is 27.1 Å². The van der Waals surface area contributed by atoms with Crippen LogP contribution in [-0.2, 0) is 21.0 Å². The highest BCUT2D eigenvalue weighted by Gasteiger charge is 2.30. The zero-order chi connectivity index (χ0) is 19.5. The lowest BCUT2D eigenvalue weighted by Crippen LogP contribution is -2.37. The zero-order valence-corrected chi connectivity index (χ0v) is 15.0. The number of sulfonamides is 1. The van der Waals surface area contributed by atoms with Crippen LogP contribution in [0, 0.1) is 0 Å². The molecule has 0 fully saturated rings. The summed E-state index contributed by atoms with van der Waals surface area (Å²) in [6.45, 7) is -0.640. The Balaban J connectivity index is 2.23. The third-order valence-electron chi connectivity index (χ3n) is 3.28. The predicted molar refractivity (Wildman–Crippen MR) is 93.7 cm³/mol. The Bertz CT molecular complexity index is 917. The molecule has 2 rings (SSSR count). The van der Waals surface area contributed by atoms with Gasteiger partial charge in [-0.2, -0.15) is 13.2 Å². The molecule has 1 amide bonds. The lowest BCUT2D eigenvalue weighted by molar-refractivity contribution is -0.137. The van der Waals surface area contributed by atoms with E-state index in [2.05, 4.69) is 5.32 Å². The van der Waals surface area contributed by atoms with Gasteiger partial charge in [0.05, 0.1) is 22.5 Å². The maximum atomic E-state index is 12.7. The second kappa shape index (κ2) is 7.55. The molecule has 0 aliphatic heterocycles. The summed E-state index contributed by atoms with van der Waals surface area (Å²) >= 11 is 5.98. The molecule has 140 valence electrons. The summed E-state index contributed by atoms with van der Waals surface area (Å²) in [7, 11) is -3.85. The summed E-state index contributed by atoms with van der Waals surface area (Å²) in [5.41, 5.74) is -0.935. The Hall–Kier alpha value is -2.26. The van der Waals surface area contributed by atoms with Crippen molar-refractivity contribution in [2.45, 2.75) is 6.18 Å². The second-order valence-corrected chi connectivity index (χ2v) is 7.66. The number of nitrogens with zero attached hydrogens (tertiary/aromatic N) is 1. The number of hydrogen-bond acceptors (Lipinski definition) is 3. The molecular formula is C16H14ClF3N2O3S. The molecule has 26 heavy (non-hydrogen) atoms. The largest absolute Gasteiger partial charge is 0.416 e. The van der Waals surface area contributed by atoms with Gasteiger partial charge in [-0.1, -0.05) is 29.8 Å². The van der Waals surface area contributed by atoms with Crippen molar-refractivity contribution in [1.82, 2.24) is 0 Å². The van der Waals surface area contributed by atoms with E-state index in [9.17, 15) is 26.4 Å². The number of hydrogen-bond donors (Lipinski definition) is 1. The van der Waals surface area contributed by atoms with E-state index in [1.54, 1.807) is 12.1 Å². The van der Waals surface area contributed by atoms with E-state index < -0.39 is 34.2 Å². The first-order valence-corrected chi connectivity index (χ1v) is 9.40. The number of nitrogens with one attached hydrogen (secondary N) is 1. The van der Waals surface area contributed by atoms with E-state index in [0.29, 0.717) is 0 Å². The molecule has 0 bridgehead atoms. The maximum Gasteiger partial charge on any atom is 0.416 e. The van der Waals surface area contributed by atoms with Crippen LogP contribution in [0.2, 0.25) is 5.02 Å². The number of amides is 1. The second-order valence-electron chi connectivity index (χ2n) is 5.35. The summed E-state index contributed by atoms with van der Waals surface area (Å²) < 4.78 is 62.9. The average Bonchev–Trinajstić information content (AvgIpc) is 2.52. The minimum absolute atomic E-state index is 0.0934. The molecular weight excluding hydrogens is 393 g/mol. The molecule has 0 saturated carbocycles. The Labute approximate surface area is 153 Å². The van der Waals surface area contributed by atoms with Gasteiger partial charge in [0.2, 0.25) is 15.9 Å². The fraction of sp³-hybridized carbons (Fsp3) is 0.188. The SMILES string of the molecule is CS(=O)(=O)N(CC(=O)Nc1cccc(C(F)(F)F)c1)c1ccccc1Cl. The van der Waals surface area contributed by atoms with E-state index in [1.165, 1.54) is 18.2 Å². The highest BCUT2D eigenvalue weighted by molar-refractivity contribution is 7.92. The van der Waals surface area contributed by atoms with Crippen LogP contribution in [0.15, 0.2) is 48.5 Å². The summed E-state index contributed by atoms with van der Waals surface area (Å²) in [4.78, 5) is 12.2. The summed E-state index contributed by atoms with van der Waals surface area (Å²) in [6.07, 6.45) is -3.66. The minimum Gasteiger partial charge on any atom is -0.325 e. The average molecular weight is 407 g/mol. The van der Waals surface area contributed by atoms with Gasteiger partial charge in [0.25, 0.3) is 0 Å². The molecule has 0 aliphatic rings. The van der Waals surface area contributed by atoms with E-state index in [-0.39, 0.29) is 16.4 Å². The van der Waals surface area contributed by atoms with Crippen LogP contribution >= 0.6 is 11.6 Å². The molecule has 0 radical (unpaired) electrons. The van der Waals surface area contributed by atoms with E-state index >= 15 is 0 Å². The smallest absolute Gasteiger partial charge is 0.325 e. The molecule has 0 unspecified atom stereocenters. The number of carbonyl (C=O) groups excluding carboxylic acids is 1. The fourth-order valence-corrected chi connectivity index (χ4v) is 3.30. The number of halogens is 4. The minimum atomic E-state index is -4.56. The number of benzene rings is 2. The maximum absolute atomic E-state index is 12.7. The lowest BCUT2D eigenvalue weighted by Gasteiger charge is -2.23. The number of rotatable bonds is 5. The molecule has 0 saturated heterocycles. The first-order valence-electron chi connectivity index (χ1n) is 7.18. The quantitative estimate of drug-likeness (QED) is 0.822. The van der Waals surface area contributed by atoms with Crippen molar-refractivity contribution in [3.63, 3.8) is 0 Å². The van der Waals surface area contributed by atoms with Gasteiger partial charge in [0, 0.05) is 5.69 Å². The molecule has 0 aliphatic carbocycles. The van der Waals surface area contributed by atoms with Crippen molar-refractivity contribution in [3.05, 3.63) is 59.1 Å². The topological polar surface area (TPSA) is 66.5 Å². The first-order chi connectivity index (χ1) is 12.0. The highest BCUT2D eigenvalue weighted by atomic mass is 35.5. The van der Waals surface area contributed by atoms with Gasteiger partial charge in [-0.05, 0) is 30.3 Å². The number of para-hydroxylation sites is 1. The van der Waals surface area contributed by atoms with Gasteiger partial charge in [-0.3, -0.25) is 9.10 Å². The van der Waals surface area contributed by atoms with Crippen molar-refractivity contribution in [2.24, 2.45) is 0 Å². The predicted octanol–water partition coefficient (Wildman–Crippen LogP) is 3.76. The van der Waals surface area contributed by atoms with E-state index in [1.807, 2.05) is 0 Å². The molecule has 0 atom stereocenters. The summed E-state index contributed by atoms with van der Waals surface area (Å²) in [5, 5.41) is 2.37. The van der Waals surface area contributed by atoms with Gasteiger partial charge in [0.15, 0.2) is 0 Å². The van der Waals surface area contributed by atoms with Crippen LogP contribution in [0.4, 0.5) is 24.5 Å². The molecule has 2 aromatic rings. The van der Waals surface area contributed by atoms with Crippen molar-refractivity contribution in [1.29, 1.82) is 0 Å². The fourth-order valence-electron chi connectivity index (χ4n) is 2.14. The summed E-state index contributed by atoms with van der Waals surface area (Å²) in [5.74, 6) is -0.810. The van der Waals surface area contributed by atoms with Gasteiger partial charge < -0.3 is 5.32 Å². The van der Waals surface area contributed by atoms with Crippen molar-refractivity contribution in [3.8, 4) is 0 Å². The Morgan fingerprint density at radius 1 is 1.15 bits per heavy atom. The van der Waals surface area contributed by atoms with Crippen LogP contribution in [0.25, 0.3) is 0 Å². The monoisotopic (exact) mass is 406 g/mol. The lowest BCUT2D eigenvalue weighted by atomic mass is 10.2. The molecule has 1 N–H and O–H groups in total. The highest BCUT2D eigenvalue weighted by Crippen LogP contribution is 2.31. The molecule has 10 heteroatoms. The Morgan fingerprint density at radius 3 is 2.38 bits per heavy atom. The molecule has 0 aromatic heterocycles. The molecule has 2 aromatic carbocycles. The van der Waals surface area contributed by atoms with Crippen LogP contribution in [0.1, 0.15) is 5.56 Å². The van der Waals surface area contributed by atoms with Crippen molar-refractivity contribution < 1.29 is 26.4 Å². The van der Waals surface area contributed by atoms with Gasteiger partial charge in [-0.15, -0.1) is 0 Å². The van der Waals surface area contributed by atoms with Gasteiger partial charge in [-0.25, -0.2) is 8.42 Å². The van der Waals surface area contributed by atoms with Crippen LogP contribution in [0.3, 0.4) is 0 Å². The van der Waals surface area contributed by atoms with Gasteiger partial charge >= 0.3 is 6.18 Å². The number of anilines is 2.